The van der Waals surface area contributed by atoms with Crippen molar-refractivity contribution in [1.82, 2.24) is 10.6 Å². The van der Waals surface area contributed by atoms with Crippen LogP contribution >= 0.6 is 0 Å². The van der Waals surface area contributed by atoms with Gasteiger partial charge in [0.15, 0.2) is 0 Å². The van der Waals surface area contributed by atoms with E-state index in [9.17, 15) is 9.90 Å². The molecule has 3 N–H and O–H groups in total. The van der Waals surface area contributed by atoms with Gasteiger partial charge >= 0.3 is 0 Å². The summed E-state index contributed by atoms with van der Waals surface area (Å²) in [6.45, 7) is 2.63. The van der Waals surface area contributed by atoms with Crippen LogP contribution in [-0.2, 0) is 4.79 Å². The Morgan fingerprint density at radius 1 is 1.44 bits per heavy atom. The zero-order chi connectivity index (χ0) is 11.5. The van der Waals surface area contributed by atoms with E-state index in [2.05, 4.69) is 17.6 Å². The largest absolute Gasteiger partial charge is 0.392 e. The zero-order valence-electron chi connectivity index (χ0n) is 9.91. The molecule has 1 saturated carbocycles. The van der Waals surface area contributed by atoms with Crippen LogP contribution in [0, 0.1) is 5.92 Å². The van der Waals surface area contributed by atoms with E-state index < -0.39 is 0 Å². The molecule has 1 aliphatic carbocycles. The van der Waals surface area contributed by atoms with E-state index in [1.807, 2.05) is 0 Å². The maximum atomic E-state index is 11.9. The number of carbonyl (C=O) groups excluding carboxylic acids is 1. The first-order valence-electron chi connectivity index (χ1n) is 6.38. The molecule has 0 aromatic carbocycles. The van der Waals surface area contributed by atoms with E-state index in [-0.39, 0.29) is 24.1 Å². The summed E-state index contributed by atoms with van der Waals surface area (Å²) in [5, 5.41) is 15.5. The minimum absolute atomic E-state index is 0.0518. The van der Waals surface area contributed by atoms with Gasteiger partial charge in [-0.25, -0.2) is 0 Å². The van der Waals surface area contributed by atoms with Crippen LogP contribution in [-0.4, -0.2) is 35.7 Å². The number of amides is 1. The van der Waals surface area contributed by atoms with Gasteiger partial charge in [0.2, 0.25) is 5.91 Å². The average molecular weight is 226 g/mol. The van der Waals surface area contributed by atoms with Crippen LogP contribution in [0.3, 0.4) is 0 Å². The van der Waals surface area contributed by atoms with Crippen molar-refractivity contribution in [3.05, 3.63) is 0 Å². The summed E-state index contributed by atoms with van der Waals surface area (Å²) in [6, 6.07) is 0.0772. The third-order valence-electron chi connectivity index (χ3n) is 3.90. The van der Waals surface area contributed by atoms with Crippen LogP contribution in [0.1, 0.15) is 39.0 Å². The number of aliphatic hydroxyl groups is 1. The van der Waals surface area contributed by atoms with Crippen molar-refractivity contribution in [2.75, 3.05) is 6.54 Å². The third-order valence-corrected chi connectivity index (χ3v) is 3.90. The molecular weight excluding hydrogens is 204 g/mol. The minimum Gasteiger partial charge on any atom is -0.392 e. The van der Waals surface area contributed by atoms with Crippen LogP contribution in [0.2, 0.25) is 0 Å². The van der Waals surface area contributed by atoms with Crippen molar-refractivity contribution < 1.29 is 9.90 Å². The van der Waals surface area contributed by atoms with E-state index in [0.717, 1.165) is 0 Å². The smallest absolute Gasteiger partial charge is 0.237 e. The Balaban J connectivity index is 1.77. The Kier molecular flexibility index (Phi) is 3.82. The van der Waals surface area contributed by atoms with Gasteiger partial charge in [-0.3, -0.25) is 4.79 Å². The van der Waals surface area contributed by atoms with Crippen LogP contribution < -0.4 is 10.6 Å². The predicted octanol–water partition coefficient (Wildman–Crippen LogP) is 0.404. The predicted molar refractivity (Wildman–Crippen MR) is 62.0 cm³/mol. The van der Waals surface area contributed by atoms with E-state index in [1.54, 1.807) is 0 Å². The van der Waals surface area contributed by atoms with E-state index >= 15 is 0 Å². The first kappa shape index (κ1) is 11.9. The second-order valence-corrected chi connectivity index (χ2v) is 5.19. The molecule has 2 fully saturated rings. The lowest BCUT2D eigenvalue weighted by Crippen LogP contribution is -2.46. The summed E-state index contributed by atoms with van der Waals surface area (Å²) in [5.74, 6) is 0.700. The van der Waals surface area contributed by atoms with Gasteiger partial charge in [-0.1, -0.05) is 12.8 Å². The van der Waals surface area contributed by atoms with Crippen LogP contribution in [0.5, 0.6) is 0 Å². The molecule has 1 amide bonds. The first-order chi connectivity index (χ1) is 7.66. The van der Waals surface area contributed by atoms with Crippen molar-refractivity contribution in [3.63, 3.8) is 0 Å². The molecule has 0 aromatic heterocycles. The minimum atomic E-state index is -0.363. The van der Waals surface area contributed by atoms with Crippen LogP contribution in [0.25, 0.3) is 0 Å². The lowest BCUT2D eigenvalue weighted by atomic mass is 9.99. The topological polar surface area (TPSA) is 61.4 Å². The lowest BCUT2D eigenvalue weighted by molar-refractivity contribution is -0.123. The van der Waals surface area contributed by atoms with E-state index in [0.29, 0.717) is 18.9 Å². The molecule has 3 atom stereocenters. The SMILES string of the molecule is CC(NC(=O)C1CC(O)CN1)C1CCCC1. The van der Waals surface area contributed by atoms with Gasteiger partial charge in [0.25, 0.3) is 0 Å². The van der Waals surface area contributed by atoms with Crippen LogP contribution in [0.15, 0.2) is 0 Å². The number of aliphatic hydroxyl groups excluding tert-OH is 1. The fourth-order valence-electron chi connectivity index (χ4n) is 2.82. The Hall–Kier alpha value is -0.610. The summed E-state index contributed by atoms with van der Waals surface area (Å²) < 4.78 is 0. The number of β-amino-alcohol motifs (C(OH)–C–C–N with tert-alkyl or cyclic N) is 1. The molecule has 4 nitrogen and oxygen atoms in total. The van der Waals surface area contributed by atoms with Gasteiger partial charge in [-0.15, -0.1) is 0 Å². The summed E-state index contributed by atoms with van der Waals surface area (Å²) in [7, 11) is 0. The Morgan fingerprint density at radius 3 is 2.69 bits per heavy atom. The van der Waals surface area contributed by atoms with Crippen molar-refractivity contribution in [3.8, 4) is 0 Å². The Bertz CT molecular complexity index is 251. The summed E-state index contributed by atoms with van der Waals surface area (Å²) >= 11 is 0. The number of hydrogen-bond donors (Lipinski definition) is 3. The molecule has 1 aliphatic heterocycles. The molecule has 2 rings (SSSR count). The molecule has 3 unspecified atom stereocenters. The fraction of sp³-hybridized carbons (Fsp3) is 0.917. The second-order valence-electron chi connectivity index (χ2n) is 5.19. The maximum absolute atomic E-state index is 11.9. The number of hydrogen-bond acceptors (Lipinski definition) is 3. The lowest BCUT2D eigenvalue weighted by Gasteiger charge is -2.22. The molecule has 0 radical (unpaired) electrons. The van der Waals surface area contributed by atoms with Gasteiger partial charge < -0.3 is 15.7 Å². The van der Waals surface area contributed by atoms with E-state index in [4.69, 9.17) is 0 Å². The molecule has 0 bridgehead atoms. The Morgan fingerprint density at radius 2 is 2.12 bits per heavy atom. The van der Waals surface area contributed by atoms with Gasteiger partial charge in [0.05, 0.1) is 12.1 Å². The highest BCUT2D eigenvalue weighted by Gasteiger charge is 2.30. The highest BCUT2D eigenvalue weighted by molar-refractivity contribution is 5.82. The van der Waals surface area contributed by atoms with Crippen molar-refractivity contribution >= 4 is 5.91 Å². The highest BCUT2D eigenvalue weighted by Crippen LogP contribution is 2.27. The number of nitrogens with one attached hydrogen (secondary N) is 2. The molecule has 16 heavy (non-hydrogen) atoms. The van der Waals surface area contributed by atoms with Crippen molar-refractivity contribution in [2.45, 2.75) is 57.2 Å². The molecule has 0 aromatic rings. The monoisotopic (exact) mass is 226 g/mol. The van der Waals surface area contributed by atoms with E-state index in [1.165, 1.54) is 25.7 Å². The normalized spacial score (nSPS) is 32.9. The molecule has 2 aliphatic rings. The zero-order valence-corrected chi connectivity index (χ0v) is 9.91. The van der Waals surface area contributed by atoms with Gasteiger partial charge in [0, 0.05) is 12.6 Å². The molecule has 1 saturated heterocycles. The van der Waals surface area contributed by atoms with Gasteiger partial charge in [-0.2, -0.15) is 0 Å². The molecular formula is C12H22N2O2. The average Bonchev–Trinajstić information content (AvgIpc) is 2.87. The fourth-order valence-corrected chi connectivity index (χ4v) is 2.82. The summed E-state index contributed by atoms with van der Waals surface area (Å²) in [6.07, 6.45) is 5.25. The quantitative estimate of drug-likeness (QED) is 0.653. The maximum Gasteiger partial charge on any atom is 0.237 e. The molecule has 0 spiro atoms. The standard InChI is InChI=1S/C12H22N2O2/c1-8(9-4-2-3-5-9)14-12(16)11-6-10(15)7-13-11/h8-11,13,15H,2-7H2,1H3,(H,14,16). The molecule has 4 heteroatoms. The highest BCUT2D eigenvalue weighted by atomic mass is 16.3. The van der Waals surface area contributed by atoms with Crippen molar-refractivity contribution in [2.24, 2.45) is 5.92 Å². The number of carbonyl (C=O) groups is 1. The van der Waals surface area contributed by atoms with Gasteiger partial charge in [-0.05, 0) is 32.1 Å². The van der Waals surface area contributed by atoms with Crippen molar-refractivity contribution in [1.29, 1.82) is 0 Å². The third kappa shape index (κ3) is 2.74. The molecule has 92 valence electrons. The summed E-state index contributed by atoms with van der Waals surface area (Å²) in [4.78, 5) is 11.9. The Labute approximate surface area is 96.8 Å². The molecule has 1 heterocycles. The second kappa shape index (κ2) is 5.15. The first-order valence-corrected chi connectivity index (χ1v) is 6.38. The summed E-state index contributed by atoms with van der Waals surface area (Å²) in [5.41, 5.74) is 0. The van der Waals surface area contributed by atoms with Crippen LogP contribution in [0.4, 0.5) is 0 Å². The number of rotatable bonds is 3. The van der Waals surface area contributed by atoms with Gasteiger partial charge in [0.1, 0.15) is 0 Å².